The quantitative estimate of drug-likeness (QED) is 0.630. The first-order chi connectivity index (χ1) is 14.1. The Morgan fingerprint density at radius 2 is 2.07 bits per heavy atom. The standard InChI is InChI=1S/C22H31N3O4S/c1-12(2)30-18-17(29-25-20(18)28-11-21(3,4)10-23)19(26)24-16-14-5-13-6-15(16)9-22(27,7-13)8-14/h12-16,27H,5-9,11H2,1-4H3,(H,24,26). The zero-order valence-corrected chi connectivity index (χ0v) is 18.9. The van der Waals surface area contributed by atoms with Gasteiger partial charge < -0.3 is 19.7 Å². The lowest BCUT2D eigenvalue weighted by atomic mass is 9.52. The van der Waals surface area contributed by atoms with E-state index in [1.807, 2.05) is 13.8 Å². The molecule has 1 heterocycles. The minimum absolute atomic E-state index is 0.0678. The molecular formula is C22H31N3O4S. The van der Waals surface area contributed by atoms with E-state index in [1.54, 1.807) is 13.8 Å². The lowest BCUT2D eigenvalue weighted by molar-refractivity contribution is -0.137. The van der Waals surface area contributed by atoms with Gasteiger partial charge in [0.25, 0.3) is 11.8 Å². The number of ether oxygens (including phenoxy) is 1. The molecule has 0 radical (unpaired) electrons. The maximum absolute atomic E-state index is 13.2. The number of amides is 1. The lowest BCUT2D eigenvalue weighted by Crippen LogP contribution is -2.61. The number of nitrogens with zero attached hydrogens (tertiary/aromatic N) is 2. The molecule has 4 bridgehead atoms. The van der Waals surface area contributed by atoms with E-state index >= 15 is 0 Å². The zero-order chi connectivity index (χ0) is 21.7. The summed E-state index contributed by atoms with van der Waals surface area (Å²) in [6.07, 6.45) is 4.60. The lowest BCUT2D eigenvalue weighted by Gasteiger charge is -2.58. The van der Waals surface area contributed by atoms with Gasteiger partial charge >= 0.3 is 0 Å². The van der Waals surface area contributed by atoms with Crippen molar-refractivity contribution in [1.29, 1.82) is 5.26 Å². The monoisotopic (exact) mass is 433 g/mol. The van der Waals surface area contributed by atoms with Gasteiger partial charge in [-0.25, -0.2) is 0 Å². The van der Waals surface area contributed by atoms with Gasteiger partial charge in [0.1, 0.15) is 11.5 Å². The summed E-state index contributed by atoms with van der Waals surface area (Å²) >= 11 is 1.47. The molecule has 5 rings (SSSR count). The van der Waals surface area contributed by atoms with Crippen molar-refractivity contribution in [3.63, 3.8) is 0 Å². The summed E-state index contributed by atoms with van der Waals surface area (Å²) in [5.74, 6) is 1.39. The number of aromatic nitrogens is 1. The van der Waals surface area contributed by atoms with Crippen LogP contribution in [0.15, 0.2) is 9.42 Å². The second kappa shape index (κ2) is 7.76. The number of hydrogen-bond acceptors (Lipinski definition) is 7. The molecule has 0 saturated heterocycles. The van der Waals surface area contributed by atoms with Crippen LogP contribution in [0.3, 0.4) is 0 Å². The summed E-state index contributed by atoms with van der Waals surface area (Å²) in [5, 5.41) is 27.4. The average Bonchev–Trinajstić information content (AvgIpc) is 3.03. The second-order valence-electron chi connectivity index (χ2n) is 10.3. The Kier molecular flexibility index (Phi) is 5.56. The molecule has 2 unspecified atom stereocenters. The molecule has 0 aliphatic heterocycles. The Bertz CT molecular complexity index is 843. The molecule has 4 aliphatic rings. The van der Waals surface area contributed by atoms with Gasteiger partial charge in [0.05, 0.1) is 17.1 Å². The fourth-order valence-electron chi connectivity index (χ4n) is 5.56. The topological polar surface area (TPSA) is 108 Å². The second-order valence-corrected chi connectivity index (χ2v) is 11.9. The highest BCUT2D eigenvalue weighted by Gasteiger charge is 2.55. The first kappa shape index (κ1) is 21.5. The molecule has 1 aromatic heterocycles. The van der Waals surface area contributed by atoms with Gasteiger partial charge in [0.15, 0.2) is 0 Å². The maximum Gasteiger partial charge on any atom is 0.291 e. The molecule has 2 N–H and O–H groups in total. The van der Waals surface area contributed by atoms with Crippen LogP contribution in [0.4, 0.5) is 0 Å². The van der Waals surface area contributed by atoms with Gasteiger partial charge in [-0.3, -0.25) is 4.79 Å². The molecule has 4 aliphatic carbocycles. The molecular weight excluding hydrogens is 402 g/mol. The summed E-state index contributed by atoms with van der Waals surface area (Å²) in [6.45, 7) is 7.80. The van der Waals surface area contributed by atoms with Crippen molar-refractivity contribution in [2.45, 2.75) is 81.6 Å². The third-order valence-electron chi connectivity index (χ3n) is 6.59. The number of hydrogen-bond donors (Lipinski definition) is 2. The van der Waals surface area contributed by atoms with E-state index < -0.39 is 11.0 Å². The third-order valence-corrected chi connectivity index (χ3v) is 7.66. The Hall–Kier alpha value is -1.72. The SMILES string of the molecule is CC(C)Sc1c(OCC(C)(C)C#N)noc1C(=O)NC1C2CC3CC1CC(O)(C3)C2. The molecule has 4 fully saturated rings. The van der Waals surface area contributed by atoms with E-state index in [0.717, 1.165) is 32.1 Å². The maximum atomic E-state index is 13.2. The van der Waals surface area contributed by atoms with Crippen LogP contribution in [0.2, 0.25) is 0 Å². The van der Waals surface area contributed by atoms with E-state index in [4.69, 9.17) is 9.26 Å². The fraction of sp³-hybridized carbons (Fsp3) is 0.773. The molecule has 4 saturated carbocycles. The molecule has 0 aromatic carbocycles. The van der Waals surface area contributed by atoms with Crippen molar-refractivity contribution in [3.05, 3.63) is 5.76 Å². The summed E-state index contributed by atoms with van der Waals surface area (Å²) in [6, 6.07) is 2.27. The van der Waals surface area contributed by atoms with Gasteiger partial charge in [-0.05, 0) is 68.9 Å². The highest BCUT2D eigenvalue weighted by molar-refractivity contribution is 8.00. The summed E-state index contributed by atoms with van der Waals surface area (Å²) in [5.41, 5.74) is -1.20. The first-order valence-corrected chi connectivity index (χ1v) is 11.7. The van der Waals surface area contributed by atoms with Gasteiger partial charge in [-0.2, -0.15) is 5.26 Å². The number of nitriles is 1. The summed E-state index contributed by atoms with van der Waals surface area (Å²) in [4.78, 5) is 13.7. The number of thioether (sulfide) groups is 1. The Morgan fingerprint density at radius 1 is 1.40 bits per heavy atom. The van der Waals surface area contributed by atoms with Crippen LogP contribution in [0.25, 0.3) is 0 Å². The van der Waals surface area contributed by atoms with Crippen LogP contribution >= 0.6 is 11.8 Å². The van der Waals surface area contributed by atoms with Crippen LogP contribution in [0.1, 0.15) is 70.4 Å². The zero-order valence-electron chi connectivity index (χ0n) is 18.1. The van der Waals surface area contributed by atoms with Crippen LogP contribution in [-0.4, -0.2) is 39.7 Å². The summed E-state index contributed by atoms with van der Waals surface area (Å²) < 4.78 is 11.2. The minimum Gasteiger partial charge on any atom is -0.473 e. The number of rotatable bonds is 7. The molecule has 7 nitrogen and oxygen atoms in total. The van der Waals surface area contributed by atoms with Crippen molar-refractivity contribution in [3.8, 4) is 11.9 Å². The van der Waals surface area contributed by atoms with Crippen molar-refractivity contribution >= 4 is 17.7 Å². The number of nitrogens with one attached hydrogen (secondary N) is 1. The Labute approximate surface area is 181 Å². The fourth-order valence-corrected chi connectivity index (χ4v) is 6.46. The minimum atomic E-state index is -0.665. The molecule has 8 heteroatoms. The van der Waals surface area contributed by atoms with Gasteiger partial charge in [0.2, 0.25) is 5.76 Å². The van der Waals surface area contributed by atoms with Crippen LogP contribution in [-0.2, 0) is 0 Å². The van der Waals surface area contributed by atoms with Gasteiger partial charge in [0, 0.05) is 11.3 Å². The van der Waals surface area contributed by atoms with Crippen LogP contribution in [0, 0.1) is 34.5 Å². The molecule has 30 heavy (non-hydrogen) atoms. The molecule has 164 valence electrons. The highest BCUT2D eigenvalue weighted by Crippen LogP contribution is 2.55. The molecule has 1 amide bonds. The summed E-state index contributed by atoms with van der Waals surface area (Å²) in [7, 11) is 0. The van der Waals surface area contributed by atoms with Gasteiger partial charge in [-0.1, -0.05) is 13.8 Å². The predicted octanol–water partition coefficient (Wildman–Crippen LogP) is 3.77. The number of carbonyl (C=O) groups is 1. The van der Waals surface area contributed by atoms with E-state index in [9.17, 15) is 15.2 Å². The van der Waals surface area contributed by atoms with E-state index in [2.05, 4.69) is 16.5 Å². The van der Waals surface area contributed by atoms with E-state index in [-0.39, 0.29) is 35.4 Å². The van der Waals surface area contributed by atoms with Crippen molar-refractivity contribution in [2.24, 2.45) is 23.2 Å². The number of carbonyl (C=O) groups excluding carboxylic acids is 1. The van der Waals surface area contributed by atoms with E-state index in [1.165, 1.54) is 11.8 Å². The molecule has 0 spiro atoms. The highest BCUT2D eigenvalue weighted by atomic mass is 32.2. The smallest absolute Gasteiger partial charge is 0.291 e. The largest absolute Gasteiger partial charge is 0.473 e. The van der Waals surface area contributed by atoms with Gasteiger partial charge in [-0.15, -0.1) is 11.8 Å². The van der Waals surface area contributed by atoms with Crippen LogP contribution < -0.4 is 10.1 Å². The third kappa shape index (κ3) is 4.19. The number of aliphatic hydroxyl groups is 1. The van der Waals surface area contributed by atoms with Crippen molar-refractivity contribution in [1.82, 2.24) is 10.5 Å². The Morgan fingerprint density at radius 3 is 2.63 bits per heavy atom. The van der Waals surface area contributed by atoms with Crippen molar-refractivity contribution < 1.29 is 19.2 Å². The average molecular weight is 434 g/mol. The molecule has 1 aromatic rings. The van der Waals surface area contributed by atoms with Crippen LogP contribution in [0.5, 0.6) is 5.88 Å². The first-order valence-electron chi connectivity index (χ1n) is 10.8. The predicted molar refractivity (Wildman–Crippen MR) is 112 cm³/mol. The normalized spacial score (nSPS) is 32.3. The Balaban J connectivity index is 1.50. The molecule has 2 atom stereocenters. The van der Waals surface area contributed by atoms with E-state index in [0.29, 0.717) is 22.6 Å². The van der Waals surface area contributed by atoms with Crippen molar-refractivity contribution in [2.75, 3.05) is 6.61 Å².